The lowest BCUT2D eigenvalue weighted by Gasteiger charge is -2.30. The van der Waals surface area contributed by atoms with Gasteiger partial charge in [0.05, 0.1) is 25.9 Å². The number of ether oxygens (including phenoxy) is 2. The highest BCUT2D eigenvalue weighted by molar-refractivity contribution is 5.86. The van der Waals surface area contributed by atoms with E-state index >= 15 is 0 Å². The normalized spacial score (nSPS) is 17.2. The number of aliphatic hydroxyl groups is 4. The van der Waals surface area contributed by atoms with Crippen molar-refractivity contribution in [3.8, 4) is 0 Å². The Morgan fingerprint density at radius 1 is 1.07 bits per heavy atom. The zero-order valence-corrected chi connectivity index (χ0v) is 18.7. The SMILES string of the molecule is CC(C(=O)O)=C(C)C(O)COC(O)NCC(C)(C)CC(C)CCNC(O)OCCO. The molecule has 0 aliphatic carbocycles. The molecule has 4 atom stereocenters. The van der Waals surface area contributed by atoms with E-state index in [1.165, 1.54) is 13.8 Å². The van der Waals surface area contributed by atoms with E-state index in [0.29, 0.717) is 19.0 Å². The molecule has 10 nitrogen and oxygen atoms in total. The minimum absolute atomic E-state index is 0.0469. The molecule has 0 rings (SSSR count). The van der Waals surface area contributed by atoms with Crippen molar-refractivity contribution in [2.24, 2.45) is 11.3 Å². The van der Waals surface area contributed by atoms with Crippen molar-refractivity contribution in [2.75, 3.05) is 32.9 Å². The van der Waals surface area contributed by atoms with Gasteiger partial charge in [-0.05, 0) is 50.1 Å². The fourth-order valence-electron chi connectivity index (χ4n) is 2.94. The first-order chi connectivity index (χ1) is 13.9. The molecule has 0 aromatic heterocycles. The molecular formula is C20H40N2O8. The van der Waals surface area contributed by atoms with Crippen molar-refractivity contribution < 1.29 is 39.8 Å². The lowest BCUT2D eigenvalue weighted by molar-refractivity contribution is -0.139. The summed E-state index contributed by atoms with van der Waals surface area (Å²) in [5.74, 6) is -0.769. The van der Waals surface area contributed by atoms with Gasteiger partial charge in [-0.2, -0.15) is 0 Å². The molecule has 0 saturated heterocycles. The summed E-state index contributed by atoms with van der Waals surface area (Å²) in [5.41, 5.74) is 0.180. The van der Waals surface area contributed by atoms with E-state index in [-0.39, 0.29) is 36.4 Å². The van der Waals surface area contributed by atoms with E-state index in [1.807, 2.05) is 13.8 Å². The molecule has 0 spiro atoms. The second-order valence-electron chi connectivity index (χ2n) is 8.36. The van der Waals surface area contributed by atoms with E-state index in [2.05, 4.69) is 17.6 Å². The zero-order chi connectivity index (χ0) is 23.3. The minimum atomic E-state index is -1.28. The first-order valence-corrected chi connectivity index (χ1v) is 10.1. The number of carboxylic acids is 1. The molecule has 0 amide bonds. The zero-order valence-electron chi connectivity index (χ0n) is 18.7. The number of hydrogen-bond acceptors (Lipinski definition) is 9. The molecule has 10 heteroatoms. The van der Waals surface area contributed by atoms with Gasteiger partial charge in [0.25, 0.3) is 0 Å². The lowest BCUT2D eigenvalue weighted by atomic mass is 9.82. The van der Waals surface area contributed by atoms with Gasteiger partial charge in [0, 0.05) is 12.1 Å². The number of rotatable bonds is 17. The van der Waals surface area contributed by atoms with Gasteiger partial charge in [-0.15, -0.1) is 0 Å². The van der Waals surface area contributed by atoms with Gasteiger partial charge in [-0.3, -0.25) is 10.6 Å². The van der Waals surface area contributed by atoms with Crippen LogP contribution in [0.15, 0.2) is 11.1 Å². The van der Waals surface area contributed by atoms with Crippen LogP contribution in [0.5, 0.6) is 0 Å². The molecule has 178 valence electrons. The maximum absolute atomic E-state index is 10.9. The summed E-state index contributed by atoms with van der Waals surface area (Å²) >= 11 is 0. The van der Waals surface area contributed by atoms with Crippen LogP contribution in [0.3, 0.4) is 0 Å². The standard InChI is InChI=1S/C20H40N2O8/c1-13(6-7-21-18(27)29-9-8-23)10-20(4,5)12-22-19(28)30-11-16(24)14(2)15(3)17(25)26/h13,16,18-19,21-24,27-28H,6-12H2,1-5H3,(H,25,26). The van der Waals surface area contributed by atoms with Crippen molar-refractivity contribution in [3.05, 3.63) is 11.1 Å². The van der Waals surface area contributed by atoms with Gasteiger partial charge < -0.3 is 35.0 Å². The summed E-state index contributed by atoms with van der Waals surface area (Å²) in [6.45, 7) is 9.81. The van der Waals surface area contributed by atoms with Crippen LogP contribution in [0, 0.1) is 11.3 Å². The highest BCUT2D eigenvalue weighted by Gasteiger charge is 2.23. The maximum Gasteiger partial charge on any atom is 0.331 e. The van der Waals surface area contributed by atoms with E-state index in [1.54, 1.807) is 0 Å². The van der Waals surface area contributed by atoms with Crippen molar-refractivity contribution in [2.45, 2.75) is 66.4 Å². The summed E-state index contributed by atoms with van der Waals surface area (Å²) < 4.78 is 10.1. The average Bonchev–Trinajstić information content (AvgIpc) is 2.67. The largest absolute Gasteiger partial charge is 0.478 e. The molecule has 0 saturated carbocycles. The van der Waals surface area contributed by atoms with Gasteiger partial charge in [0.1, 0.15) is 0 Å². The van der Waals surface area contributed by atoms with Crippen molar-refractivity contribution in [1.82, 2.24) is 10.6 Å². The summed E-state index contributed by atoms with van der Waals surface area (Å²) in [4.78, 5) is 10.9. The molecule has 0 aromatic rings. The third-order valence-corrected chi connectivity index (χ3v) is 4.80. The van der Waals surface area contributed by atoms with Crippen LogP contribution in [0.25, 0.3) is 0 Å². The molecule has 7 N–H and O–H groups in total. The van der Waals surface area contributed by atoms with Crippen LogP contribution >= 0.6 is 0 Å². The quantitative estimate of drug-likeness (QED) is 0.122. The third-order valence-electron chi connectivity index (χ3n) is 4.80. The minimum Gasteiger partial charge on any atom is -0.478 e. The fourth-order valence-corrected chi connectivity index (χ4v) is 2.94. The molecule has 4 unspecified atom stereocenters. The molecule has 0 aliphatic rings. The number of aliphatic carboxylic acids is 1. The highest BCUT2D eigenvalue weighted by atomic mass is 16.6. The highest BCUT2D eigenvalue weighted by Crippen LogP contribution is 2.26. The number of nitrogens with one attached hydrogen (secondary N) is 2. The van der Waals surface area contributed by atoms with Crippen LogP contribution < -0.4 is 10.6 Å². The number of aliphatic hydroxyl groups excluding tert-OH is 4. The second-order valence-corrected chi connectivity index (χ2v) is 8.36. The Hall–Kier alpha value is -1.11. The monoisotopic (exact) mass is 436 g/mol. The molecular weight excluding hydrogens is 396 g/mol. The van der Waals surface area contributed by atoms with Crippen molar-refractivity contribution >= 4 is 5.97 Å². The Bertz CT molecular complexity index is 527. The van der Waals surface area contributed by atoms with Gasteiger partial charge in [0.15, 0.2) is 0 Å². The van der Waals surface area contributed by atoms with Gasteiger partial charge in [0.2, 0.25) is 12.8 Å². The van der Waals surface area contributed by atoms with Crippen LogP contribution in [0.4, 0.5) is 0 Å². The topological polar surface area (TPSA) is 161 Å². The maximum atomic E-state index is 10.9. The van der Waals surface area contributed by atoms with E-state index in [0.717, 1.165) is 12.8 Å². The first-order valence-electron chi connectivity index (χ1n) is 10.1. The average molecular weight is 437 g/mol. The summed E-state index contributed by atoms with van der Waals surface area (Å²) in [7, 11) is 0. The number of carboxylic acid groups (broad SMARTS) is 1. The Kier molecular flexibility index (Phi) is 14.3. The van der Waals surface area contributed by atoms with Crippen molar-refractivity contribution in [1.29, 1.82) is 0 Å². The molecule has 0 bridgehead atoms. The summed E-state index contributed by atoms with van der Waals surface area (Å²) in [6, 6.07) is 0. The smallest absolute Gasteiger partial charge is 0.331 e. The Morgan fingerprint density at radius 2 is 1.67 bits per heavy atom. The second kappa shape index (κ2) is 14.8. The number of carbonyl (C=O) groups is 1. The van der Waals surface area contributed by atoms with E-state index in [4.69, 9.17) is 19.7 Å². The Morgan fingerprint density at radius 3 is 2.23 bits per heavy atom. The van der Waals surface area contributed by atoms with Crippen molar-refractivity contribution in [3.63, 3.8) is 0 Å². The fraction of sp³-hybridized carbons (Fsp3) is 0.850. The molecule has 0 aliphatic heterocycles. The Labute approximate surface area is 178 Å². The van der Waals surface area contributed by atoms with Crippen LogP contribution in [0.1, 0.15) is 47.5 Å². The van der Waals surface area contributed by atoms with Crippen LogP contribution in [-0.4, -0.2) is 83.3 Å². The Balaban J connectivity index is 4.22. The first kappa shape index (κ1) is 28.9. The number of hydrogen-bond donors (Lipinski definition) is 7. The van der Waals surface area contributed by atoms with Gasteiger partial charge in [-0.25, -0.2) is 4.79 Å². The molecule has 0 radical (unpaired) electrons. The third kappa shape index (κ3) is 13.2. The van der Waals surface area contributed by atoms with E-state index in [9.17, 15) is 20.1 Å². The van der Waals surface area contributed by atoms with Gasteiger partial charge >= 0.3 is 5.97 Å². The predicted octanol–water partition coefficient (Wildman–Crippen LogP) is -0.0327. The van der Waals surface area contributed by atoms with E-state index < -0.39 is 24.9 Å². The molecule has 0 aromatic carbocycles. The summed E-state index contributed by atoms with van der Waals surface area (Å²) in [6.07, 6.45) is -1.84. The van der Waals surface area contributed by atoms with Gasteiger partial charge in [-0.1, -0.05) is 20.8 Å². The molecule has 0 heterocycles. The van der Waals surface area contributed by atoms with Crippen LogP contribution in [0.2, 0.25) is 0 Å². The lowest BCUT2D eigenvalue weighted by Crippen LogP contribution is -2.40. The predicted molar refractivity (Wildman–Crippen MR) is 111 cm³/mol. The summed E-state index contributed by atoms with van der Waals surface area (Å²) in [5, 5.41) is 52.7. The molecule has 30 heavy (non-hydrogen) atoms. The molecule has 0 fully saturated rings. The van der Waals surface area contributed by atoms with Crippen LogP contribution in [-0.2, 0) is 14.3 Å².